The van der Waals surface area contributed by atoms with E-state index >= 15 is 0 Å². The van der Waals surface area contributed by atoms with E-state index in [0.29, 0.717) is 25.2 Å². The largest absolute Gasteiger partial charge is 0.352 e. The van der Waals surface area contributed by atoms with Gasteiger partial charge in [0.15, 0.2) is 6.23 Å². The summed E-state index contributed by atoms with van der Waals surface area (Å²) in [4.78, 5) is 16.7. The summed E-state index contributed by atoms with van der Waals surface area (Å²) in [5.41, 5.74) is 2.58. The number of anilines is 1. The van der Waals surface area contributed by atoms with Crippen molar-refractivity contribution in [3.63, 3.8) is 0 Å². The molecule has 1 unspecified atom stereocenters. The molecule has 0 aromatic heterocycles. The first-order valence-electron chi connectivity index (χ1n) is 6.17. The molecule has 18 heavy (non-hydrogen) atoms. The number of hydroxylamine groups is 1. The predicted octanol–water partition coefficient (Wildman–Crippen LogP) is 2.12. The summed E-state index contributed by atoms with van der Waals surface area (Å²) in [6.45, 7) is 4.84. The Balaban J connectivity index is 2.43. The van der Waals surface area contributed by atoms with Crippen molar-refractivity contribution in [2.45, 2.75) is 26.5 Å². The molecule has 96 valence electrons. The zero-order valence-corrected chi connectivity index (χ0v) is 10.7. The Morgan fingerprint density at radius 2 is 2.11 bits per heavy atom. The highest BCUT2D eigenvalue weighted by atomic mass is 16.7. The third-order valence-corrected chi connectivity index (χ3v) is 2.84. The summed E-state index contributed by atoms with van der Waals surface area (Å²) >= 11 is 0. The molecular weight excluding hydrogens is 230 g/mol. The van der Waals surface area contributed by atoms with Gasteiger partial charge >= 0.3 is 0 Å². The number of rotatable bonds is 4. The van der Waals surface area contributed by atoms with Crippen LogP contribution in [0.25, 0.3) is 0 Å². The Kier molecular flexibility index (Phi) is 4.15. The van der Waals surface area contributed by atoms with Gasteiger partial charge in [-0.1, -0.05) is 18.2 Å². The first-order valence-corrected chi connectivity index (χ1v) is 6.17. The fraction of sp³-hybridized carbons (Fsp3) is 0.429. The summed E-state index contributed by atoms with van der Waals surface area (Å²) in [6.07, 6.45) is 0.0934. The second kappa shape index (κ2) is 5.83. The Bertz CT molecular complexity index is 466. The van der Waals surface area contributed by atoms with Gasteiger partial charge in [0, 0.05) is 13.0 Å². The van der Waals surface area contributed by atoms with Crippen molar-refractivity contribution in [1.82, 2.24) is 0 Å². The van der Waals surface area contributed by atoms with Gasteiger partial charge in [-0.15, -0.1) is 0 Å². The van der Waals surface area contributed by atoms with Crippen LogP contribution in [-0.2, 0) is 20.8 Å². The van der Waals surface area contributed by atoms with Crippen LogP contribution in [0.3, 0.4) is 0 Å². The number of carbonyl (C=O) groups excluding carboxylic acids is 1. The fourth-order valence-corrected chi connectivity index (χ4v) is 2.12. The van der Waals surface area contributed by atoms with E-state index in [1.165, 1.54) is 0 Å². The van der Waals surface area contributed by atoms with E-state index in [0.717, 1.165) is 11.3 Å². The van der Waals surface area contributed by atoms with Gasteiger partial charge in [0.1, 0.15) is 5.94 Å². The Hall–Kier alpha value is -1.61. The molecule has 0 N–H and O–H groups in total. The van der Waals surface area contributed by atoms with Crippen molar-refractivity contribution in [3.05, 3.63) is 35.4 Å². The highest BCUT2D eigenvalue weighted by Crippen LogP contribution is 2.33. The molecule has 0 fully saturated rings. The topological polar surface area (TPSA) is 38.8 Å². The first kappa shape index (κ1) is 12.8. The van der Waals surface area contributed by atoms with E-state index in [1.54, 1.807) is 5.06 Å². The molecule has 4 heteroatoms. The number of fused-ring (bicyclic) bond motifs is 1. The van der Waals surface area contributed by atoms with Crippen LogP contribution in [0.1, 0.15) is 19.4 Å². The predicted molar refractivity (Wildman–Crippen MR) is 68.9 cm³/mol. The van der Waals surface area contributed by atoms with Gasteiger partial charge in [0.05, 0.1) is 17.9 Å². The molecule has 0 amide bonds. The normalized spacial score (nSPS) is 18.4. The lowest BCUT2D eigenvalue weighted by Crippen LogP contribution is -2.43. The molecule has 0 aliphatic carbocycles. The lowest BCUT2D eigenvalue weighted by molar-refractivity contribution is -0.0154. The highest BCUT2D eigenvalue weighted by Gasteiger charge is 2.32. The average Bonchev–Trinajstić information content (AvgIpc) is 2.41. The molecule has 1 aliphatic heterocycles. The molecular formula is C14H17NO3. The SMILES string of the molecule is CCOC1C(=C=O)Cc2ccccc2N1OCC. The zero-order valence-electron chi connectivity index (χ0n) is 10.7. The lowest BCUT2D eigenvalue weighted by Gasteiger charge is -2.36. The molecule has 1 atom stereocenters. The second-order valence-corrected chi connectivity index (χ2v) is 3.98. The molecule has 1 aliphatic rings. The zero-order chi connectivity index (χ0) is 13.0. The van der Waals surface area contributed by atoms with Crippen molar-refractivity contribution in [2.24, 2.45) is 0 Å². The van der Waals surface area contributed by atoms with Gasteiger partial charge in [-0.3, -0.25) is 4.84 Å². The van der Waals surface area contributed by atoms with Crippen LogP contribution in [-0.4, -0.2) is 25.4 Å². The molecule has 1 heterocycles. The molecule has 0 bridgehead atoms. The minimum Gasteiger partial charge on any atom is -0.352 e. The van der Waals surface area contributed by atoms with E-state index in [2.05, 4.69) is 0 Å². The Morgan fingerprint density at radius 3 is 2.78 bits per heavy atom. The van der Waals surface area contributed by atoms with Crippen LogP contribution in [0.4, 0.5) is 5.69 Å². The molecule has 4 nitrogen and oxygen atoms in total. The van der Waals surface area contributed by atoms with Gasteiger partial charge in [-0.25, -0.2) is 9.86 Å². The monoisotopic (exact) mass is 247 g/mol. The third-order valence-electron chi connectivity index (χ3n) is 2.84. The van der Waals surface area contributed by atoms with Crippen LogP contribution in [0.2, 0.25) is 0 Å². The van der Waals surface area contributed by atoms with E-state index in [1.807, 2.05) is 44.1 Å². The molecule has 0 saturated heterocycles. The second-order valence-electron chi connectivity index (χ2n) is 3.98. The highest BCUT2D eigenvalue weighted by molar-refractivity contribution is 5.65. The van der Waals surface area contributed by atoms with Crippen LogP contribution < -0.4 is 5.06 Å². The van der Waals surface area contributed by atoms with Crippen LogP contribution in [0.15, 0.2) is 29.8 Å². The van der Waals surface area contributed by atoms with Crippen molar-refractivity contribution in [3.8, 4) is 0 Å². The summed E-state index contributed by atoms with van der Waals surface area (Å²) in [7, 11) is 0. The van der Waals surface area contributed by atoms with Gasteiger partial charge in [-0.05, 0) is 25.5 Å². The smallest absolute Gasteiger partial charge is 0.186 e. The fourth-order valence-electron chi connectivity index (χ4n) is 2.12. The Morgan fingerprint density at radius 1 is 1.33 bits per heavy atom. The quantitative estimate of drug-likeness (QED) is 0.764. The van der Waals surface area contributed by atoms with Crippen molar-refractivity contribution < 1.29 is 14.4 Å². The van der Waals surface area contributed by atoms with Crippen molar-refractivity contribution >= 4 is 11.6 Å². The summed E-state index contributed by atoms with van der Waals surface area (Å²) in [5, 5.41) is 1.67. The standard InChI is InChI=1S/C14H17NO3/c1-3-17-14-12(10-16)9-11-7-5-6-8-13(11)15(14)18-4-2/h5-8,14H,3-4,9H2,1-2H3. The van der Waals surface area contributed by atoms with Gasteiger partial charge < -0.3 is 4.74 Å². The summed E-state index contributed by atoms with van der Waals surface area (Å²) < 4.78 is 5.61. The maximum atomic E-state index is 11.1. The van der Waals surface area contributed by atoms with Crippen LogP contribution in [0, 0.1) is 0 Å². The maximum Gasteiger partial charge on any atom is 0.186 e. The number of benzene rings is 1. The van der Waals surface area contributed by atoms with E-state index in [-0.39, 0.29) is 0 Å². The number of nitrogens with zero attached hydrogens (tertiary/aromatic N) is 1. The van der Waals surface area contributed by atoms with Gasteiger partial charge in [0.2, 0.25) is 0 Å². The van der Waals surface area contributed by atoms with E-state index in [4.69, 9.17) is 9.57 Å². The van der Waals surface area contributed by atoms with Crippen molar-refractivity contribution in [2.75, 3.05) is 18.3 Å². The van der Waals surface area contributed by atoms with Gasteiger partial charge in [0.25, 0.3) is 0 Å². The Labute approximate surface area is 107 Å². The first-order chi connectivity index (χ1) is 8.81. The van der Waals surface area contributed by atoms with Crippen molar-refractivity contribution in [1.29, 1.82) is 0 Å². The molecule has 0 radical (unpaired) electrons. The molecule has 0 spiro atoms. The molecule has 0 saturated carbocycles. The van der Waals surface area contributed by atoms with E-state index in [9.17, 15) is 4.79 Å². The number of hydrogen-bond donors (Lipinski definition) is 0. The lowest BCUT2D eigenvalue weighted by atomic mass is 9.98. The summed E-state index contributed by atoms with van der Waals surface area (Å²) in [5.74, 6) is 1.99. The third kappa shape index (κ3) is 2.31. The average molecular weight is 247 g/mol. The molecule has 1 aromatic rings. The van der Waals surface area contributed by atoms with Crippen LogP contribution in [0.5, 0.6) is 0 Å². The number of para-hydroxylation sites is 1. The maximum absolute atomic E-state index is 11.1. The number of hydrogen-bond acceptors (Lipinski definition) is 4. The minimum absolute atomic E-state index is 0.470. The molecule has 1 aromatic carbocycles. The summed E-state index contributed by atoms with van der Waals surface area (Å²) in [6, 6.07) is 7.86. The number of ether oxygens (including phenoxy) is 1. The van der Waals surface area contributed by atoms with Gasteiger partial charge in [-0.2, -0.15) is 0 Å². The van der Waals surface area contributed by atoms with Crippen LogP contribution >= 0.6 is 0 Å². The van der Waals surface area contributed by atoms with E-state index < -0.39 is 6.23 Å². The molecule has 2 rings (SSSR count). The minimum atomic E-state index is -0.470.